The van der Waals surface area contributed by atoms with Crippen LogP contribution in [-0.4, -0.2) is 39.4 Å². The first-order chi connectivity index (χ1) is 9.76. The molecule has 0 fully saturated rings. The minimum absolute atomic E-state index is 0.0160. The van der Waals surface area contributed by atoms with E-state index in [9.17, 15) is 4.79 Å². The fourth-order valence-electron chi connectivity index (χ4n) is 1.50. The number of rotatable bonds is 10. The molecule has 0 heterocycles. The molecule has 1 N–H and O–H groups in total. The van der Waals surface area contributed by atoms with Crippen LogP contribution in [0.1, 0.15) is 19.8 Å². The van der Waals surface area contributed by atoms with Crippen molar-refractivity contribution in [2.45, 2.75) is 19.8 Å². The molecule has 0 radical (unpaired) electrons. The summed E-state index contributed by atoms with van der Waals surface area (Å²) in [5.74, 6) is 1.33. The first-order valence-corrected chi connectivity index (χ1v) is 6.87. The summed E-state index contributed by atoms with van der Waals surface area (Å²) in [5.41, 5.74) is 0. The Morgan fingerprint density at radius 1 is 1.10 bits per heavy atom. The summed E-state index contributed by atoms with van der Waals surface area (Å²) < 4.78 is 15.7. The van der Waals surface area contributed by atoms with Crippen LogP contribution in [-0.2, 0) is 9.53 Å². The van der Waals surface area contributed by atoms with Crippen molar-refractivity contribution in [3.05, 3.63) is 24.3 Å². The maximum atomic E-state index is 11.5. The van der Waals surface area contributed by atoms with Gasteiger partial charge in [-0.25, -0.2) is 0 Å². The predicted molar refractivity (Wildman–Crippen MR) is 77.2 cm³/mol. The van der Waals surface area contributed by atoms with Crippen molar-refractivity contribution in [3.8, 4) is 11.5 Å². The lowest BCUT2D eigenvalue weighted by Gasteiger charge is -2.08. The topological polar surface area (TPSA) is 56.8 Å². The fourth-order valence-corrected chi connectivity index (χ4v) is 1.50. The van der Waals surface area contributed by atoms with Crippen molar-refractivity contribution in [1.82, 2.24) is 5.32 Å². The van der Waals surface area contributed by atoms with Crippen molar-refractivity contribution >= 4 is 5.91 Å². The zero-order chi connectivity index (χ0) is 14.6. The SMILES string of the molecule is CCCOc1ccc(OCC(=O)NCCCOC)cc1. The van der Waals surface area contributed by atoms with Crippen LogP contribution in [0.25, 0.3) is 0 Å². The average Bonchev–Trinajstić information content (AvgIpc) is 2.48. The highest BCUT2D eigenvalue weighted by atomic mass is 16.5. The van der Waals surface area contributed by atoms with E-state index in [1.165, 1.54) is 0 Å². The Labute approximate surface area is 120 Å². The summed E-state index contributed by atoms with van der Waals surface area (Å²) >= 11 is 0. The van der Waals surface area contributed by atoms with Gasteiger partial charge >= 0.3 is 0 Å². The maximum absolute atomic E-state index is 11.5. The molecule has 5 nitrogen and oxygen atoms in total. The summed E-state index contributed by atoms with van der Waals surface area (Å²) in [6, 6.07) is 7.26. The number of carbonyl (C=O) groups excluding carboxylic acids is 1. The highest BCUT2D eigenvalue weighted by molar-refractivity contribution is 5.77. The van der Waals surface area contributed by atoms with E-state index in [4.69, 9.17) is 14.2 Å². The van der Waals surface area contributed by atoms with E-state index in [2.05, 4.69) is 12.2 Å². The summed E-state index contributed by atoms with van der Waals surface area (Å²) in [5, 5.41) is 2.76. The normalized spacial score (nSPS) is 10.1. The van der Waals surface area contributed by atoms with Gasteiger partial charge in [-0.3, -0.25) is 4.79 Å². The average molecular weight is 281 g/mol. The lowest BCUT2D eigenvalue weighted by atomic mass is 10.3. The van der Waals surface area contributed by atoms with Gasteiger partial charge in [0, 0.05) is 20.3 Å². The Morgan fingerprint density at radius 3 is 2.35 bits per heavy atom. The van der Waals surface area contributed by atoms with Crippen LogP contribution in [0.5, 0.6) is 11.5 Å². The molecule has 0 spiro atoms. The van der Waals surface area contributed by atoms with E-state index >= 15 is 0 Å². The maximum Gasteiger partial charge on any atom is 0.257 e. The molecule has 0 saturated heterocycles. The number of hydrogen-bond acceptors (Lipinski definition) is 4. The number of carbonyl (C=O) groups is 1. The van der Waals surface area contributed by atoms with Crippen LogP contribution in [0.3, 0.4) is 0 Å². The van der Waals surface area contributed by atoms with E-state index in [0.29, 0.717) is 25.5 Å². The van der Waals surface area contributed by atoms with Gasteiger partial charge in [-0.2, -0.15) is 0 Å². The Morgan fingerprint density at radius 2 is 1.75 bits per heavy atom. The van der Waals surface area contributed by atoms with E-state index in [0.717, 1.165) is 18.6 Å². The molecule has 0 aliphatic rings. The molecule has 0 saturated carbocycles. The zero-order valence-corrected chi connectivity index (χ0v) is 12.2. The largest absolute Gasteiger partial charge is 0.494 e. The third kappa shape index (κ3) is 6.99. The Hall–Kier alpha value is -1.75. The molecule has 112 valence electrons. The molecule has 0 aromatic heterocycles. The molecular weight excluding hydrogens is 258 g/mol. The van der Waals surface area contributed by atoms with Gasteiger partial charge in [-0.1, -0.05) is 6.92 Å². The van der Waals surface area contributed by atoms with E-state index < -0.39 is 0 Å². The molecule has 1 aromatic carbocycles. The van der Waals surface area contributed by atoms with Gasteiger partial charge in [0.25, 0.3) is 5.91 Å². The molecule has 0 aliphatic heterocycles. The quantitative estimate of drug-likeness (QED) is 0.667. The van der Waals surface area contributed by atoms with E-state index in [1.54, 1.807) is 19.2 Å². The van der Waals surface area contributed by atoms with Gasteiger partial charge in [0.15, 0.2) is 6.61 Å². The molecule has 0 bridgehead atoms. The van der Waals surface area contributed by atoms with Crippen molar-refractivity contribution in [2.24, 2.45) is 0 Å². The second-order valence-electron chi connectivity index (χ2n) is 4.30. The molecule has 0 atom stereocenters. The van der Waals surface area contributed by atoms with Gasteiger partial charge in [-0.05, 0) is 37.1 Å². The monoisotopic (exact) mass is 281 g/mol. The van der Waals surface area contributed by atoms with Crippen molar-refractivity contribution in [1.29, 1.82) is 0 Å². The van der Waals surface area contributed by atoms with Crippen LogP contribution in [0, 0.1) is 0 Å². The first-order valence-electron chi connectivity index (χ1n) is 6.87. The first kappa shape index (κ1) is 16.3. The van der Waals surface area contributed by atoms with Gasteiger partial charge in [0.1, 0.15) is 11.5 Å². The van der Waals surface area contributed by atoms with Gasteiger partial charge in [0.05, 0.1) is 6.61 Å². The fraction of sp³-hybridized carbons (Fsp3) is 0.533. The molecule has 1 amide bonds. The second-order valence-corrected chi connectivity index (χ2v) is 4.30. The molecule has 1 rings (SSSR count). The third-order valence-corrected chi connectivity index (χ3v) is 2.51. The number of methoxy groups -OCH3 is 1. The number of ether oxygens (including phenoxy) is 3. The summed E-state index contributed by atoms with van der Waals surface area (Å²) in [7, 11) is 1.64. The molecule has 1 aromatic rings. The van der Waals surface area contributed by atoms with Crippen LogP contribution in [0.4, 0.5) is 0 Å². The standard InChI is InChI=1S/C15H23NO4/c1-3-10-19-13-5-7-14(8-6-13)20-12-15(17)16-9-4-11-18-2/h5-8H,3-4,9-12H2,1-2H3,(H,16,17). The Bertz CT molecular complexity index is 378. The number of hydrogen-bond donors (Lipinski definition) is 1. The van der Waals surface area contributed by atoms with Gasteiger partial charge < -0.3 is 19.5 Å². The number of amides is 1. The highest BCUT2D eigenvalue weighted by Gasteiger charge is 2.02. The number of nitrogens with one attached hydrogen (secondary N) is 1. The highest BCUT2D eigenvalue weighted by Crippen LogP contribution is 2.17. The predicted octanol–water partition coefficient (Wildman–Crippen LogP) is 2.01. The van der Waals surface area contributed by atoms with Gasteiger partial charge in [-0.15, -0.1) is 0 Å². The summed E-state index contributed by atoms with van der Waals surface area (Å²) in [6.07, 6.45) is 1.77. The molecule has 5 heteroatoms. The lowest BCUT2D eigenvalue weighted by molar-refractivity contribution is -0.123. The second kappa shape index (κ2) is 10.1. The Balaban J connectivity index is 2.22. The molecular formula is C15H23NO4. The summed E-state index contributed by atoms with van der Waals surface area (Å²) in [4.78, 5) is 11.5. The molecule has 0 aliphatic carbocycles. The molecule has 0 unspecified atom stereocenters. The smallest absolute Gasteiger partial charge is 0.257 e. The van der Waals surface area contributed by atoms with Crippen LogP contribution in [0.2, 0.25) is 0 Å². The van der Waals surface area contributed by atoms with E-state index in [1.807, 2.05) is 12.1 Å². The third-order valence-electron chi connectivity index (χ3n) is 2.51. The van der Waals surface area contributed by atoms with Crippen molar-refractivity contribution in [3.63, 3.8) is 0 Å². The summed E-state index contributed by atoms with van der Waals surface area (Å²) in [6.45, 7) is 4.01. The van der Waals surface area contributed by atoms with E-state index in [-0.39, 0.29) is 12.5 Å². The van der Waals surface area contributed by atoms with Crippen LogP contribution in [0.15, 0.2) is 24.3 Å². The van der Waals surface area contributed by atoms with Gasteiger partial charge in [0.2, 0.25) is 0 Å². The van der Waals surface area contributed by atoms with Crippen molar-refractivity contribution in [2.75, 3.05) is 33.5 Å². The van der Waals surface area contributed by atoms with Crippen LogP contribution < -0.4 is 14.8 Å². The lowest BCUT2D eigenvalue weighted by Crippen LogP contribution is -2.30. The van der Waals surface area contributed by atoms with Crippen LogP contribution >= 0.6 is 0 Å². The Kier molecular flexibility index (Phi) is 8.22. The number of benzene rings is 1. The minimum Gasteiger partial charge on any atom is -0.494 e. The zero-order valence-electron chi connectivity index (χ0n) is 12.2. The molecule has 20 heavy (non-hydrogen) atoms. The van der Waals surface area contributed by atoms with Crippen molar-refractivity contribution < 1.29 is 19.0 Å². The minimum atomic E-state index is -0.132.